The minimum absolute atomic E-state index is 0.183. The summed E-state index contributed by atoms with van der Waals surface area (Å²) in [5.41, 5.74) is 0.276. The number of carbonyl (C=O) groups excluding carboxylic acids is 2. The number of nitro groups is 1. The normalized spacial score (nSPS) is 20.1. The molecule has 0 saturated heterocycles. The topological polar surface area (TPSA) is 86.5 Å². The third kappa shape index (κ3) is 2.87. The Labute approximate surface area is 150 Å². The predicted molar refractivity (Wildman–Crippen MR) is 94.6 cm³/mol. The predicted octanol–water partition coefficient (Wildman–Crippen LogP) is 3.04. The summed E-state index contributed by atoms with van der Waals surface area (Å²) in [4.78, 5) is 37.1. The second kappa shape index (κ2) is 7.07. The van der Waals surface area contributed by atoms with Gasteiger partial charge < -0.3 is 4.74 Å². The molecule has 1 aliphatic carbocycles. The first kappa shape index (κ1) is 17.8. The standard InChI is InChI=1S/C20H19NO5/c1-26-19(23)20(12-11-14-7-5-6-10-16(14)18(20)22)17(13-21(24)25)15-8-3-2-4-9-15/h2-10,17H,11-13H2,1H3/t17-,20?/m0/s1. The molecule has 0 saturated carbocycles. The van der Waals surface area contributed by atoms with E-state index in [1.54, 1.807) is 42.5 Å². The zero-order valence-electron chi connectivity index (χ0n) is 14.4. The molecule has 6 heteroatoms. The number of methoxy groups -OCH3 is 1. The molecule has 2 aromatic rings. The smallest absolute Gasteiger partial charge is 0.320 e. The lowest BCUT2D eigenvalue weighted by Crippen LogP contribution is -2.50. The molecule has 1 unspecified atom stereocenters. The van der Waals surface area contributed by atoms with Crippen molar-refractivity contribution in [1.82, 2.24) is 0 Å². The second-order valence-electron chi connectivity index (χ2n) is 6.43. The van der Waals surface area contributed by atoms with Crippen LogP contribution in [0.4, 0.5) is 0 Å². The summed E-state index contributed by atoms with van der Waals surface area (Å²) in [6.07, 6.45) is 0.668. The van der Waals surface area contributed by atoms with Gasteiger partial charge in [-0.05, 0) is 24.0 Å². The number of aryl methyl sites for hydroxylation is 1. The molecule has 0 bridgehead atoms. The van der Waals surface area contributed by atoms with E-state index in [0.717, 1.165) is 5.56 Å². The fourth-order valence-corrected chi connectivity index (χ4v) is 3.88. The maximum atomic E-state index is 13.4. The molecule has 0 fully saturated rings. The molecule has 0 heterocycles. The molecule has 2 aromatic carbocycles. The highest BCUT2D eigenvalue weighted by Crippen LogP contribution is 2.47. The maximum Gasteiger partial charge on any atom is 0.320 e. The summed E-state index contributed by atoms with van der Waals surface area (Å²) in [6, 6.07) is 15.8. The quantitative estimate of drug-likeness (QED) is 0.357. The minimum Gasteiger partial charge on any atom is -0.468 e. The number of hydrogen-bond acceptors (Lipinski definition) is 5. The Morgan fingerprint density at radius 1 is 1.19 bits per heavy atom. The monoisotopic (exact) mass is 353 g/mol. The Hall–Kier alpha value is -3.02. The molecule has 6 nitrogen and oxygen atoms in total. The van der Waals surface area contributed by atoms with Gasteiger partial charge in [0.2, 0.25) is 6.54 Å². The molecule has 2 atom stereocenters. The number of nitrogens with zero attached hydrogens (tertiary/aromatic N) is 1. The van der Waals surface area contributed by atoms with Crippen LogP contribution >= 0.6 is 0 Å². The van der Waals surface area contributed by atoms with Crippen molar-refractivity contribution in [3.63, 3.8) is 0 Å². The Morgan fingerprint density at radius 2 is 1.85 bits per heavy atom. The molecule has 0 N–H and O–H groups in total. The number of ketones is 1. The van der Waals surface area contributed by atoms with Crippen LogP contribution in [0.3, 0.4) is 0 Å². The van der Waals surface area contributed by atoms with Crippen molar-refractivity contribution in [2.75, 3.05) is 13.7 Å². The molecule has 26 heavy (non-hydrogen) atoms. The van der Waals surface area contributed by atoms with E-state index in [1.807, 2.05) is 12.1 Å². The van der Waals surface area contributed by atoms with Crippen LogP contribution in [0.2, 0.25) is 0 Å². The van der Waals surface area contributed by atoms with Crippen LogP contribution < -0.4 is 0 Å². The van der Waals surface area contributed by atoms with E-state index in [-0.39, 0.29) is 6.42 Å². The van der Waals surface area contributed by atoms with Crippen LogP contribution in [0.1, 0.15) is 33.8 Å². The fraction of sp³-hybridized carbons (Fsp3) is 0.300. The number of carbonyl (C=O) groups is 2. The van der Waals surface area contributed by atoms with Gasteiger partial charge in [0, 0.05) is 10.5 Å². The highest BCUT2D eigenvalue weighted by Gasteiger charge is 2.57. The van der Waals surface area contributed by atoms with Gasteiger partial charge in [0.05, 0.1) is 13.0 Å². The van der Waals surface area contributed by atoms with Crippen molar-refractivity contribution in [2.24, 2.45) is 5.41 Å². The highest BCUT2D eigenvalue weighted by atomic mass is 16.6. The number of fused-ring (bicyclic) bond motifs is 1. The van der Waals surface area contributed by atoms with Gasteiger partial charge in [-0.25, -0.2) is 0 Å². The number of hydrogen-bond donors (Lipinski definition) is 0. The van der Waals surface area contributed by atoms with Crippen molar-refractivity contribution < 1.29 is 19.2 Å². The van der Waals surface area contributed by atoms with Crippen molar-refractivity contribution in [3.8, 4) is 0 Å². The van der Waals surface area contributed by atoms with Crippen LogP contribution in [0.5, 0.6) is 0 Å². The molecular weight excluding hydrogens is 334 g/mol. The van der Waals surface area contributed by atoms with Gasteiger partial charge in [0.15, 0.2) is 5.78 Å². The Morgan fingerprint density at radius 3 is 2.50 bits per heavy atom. The zero-order valence-corrected chi connectivity index (χ0v) is 14.4. The van der Waals surface area contributed by atoms with Crippen LogP contribution in [0.25, 0.3) is 0 Å². The molecule has 3 rings (SSSR count). The van der Waals surface area contributed by atoms with E-state index in [1.165, 1.54) is 7.11 Å². The van der Waals surface area contributed by atoms with Crippen LogP contribution in [0, 0.1) is 15.5 Å². The Bertz CT molecular complexity index is 848. The van der Waals surface area contributed by atoms with Crippen LogP contribution in [0.15, 0.2) is 54.6 Å². The summed E-state index contributed by atoms with van der Waals surface area (Å²) < 4.78 is 4.98. The molecule has 0 aliphatic heterocycles. The Kier molecular flexibility index (Phi) is 4.84. The fourth-order valence-electron chi connectivity index (χ4n) is 3.88. The molecule has 0 amide bonds. The van der Waals surface area contributed by atoms with E-state index in [2.05, 4.69) is 0 Å². The summed E-state index contributed by atoms with van der Waals surface area (Å²) >= 11 is 0. The minimum atomic E-state index is -1.60. The third-order valence-electron chi connectivity index (χ3n) is 5.13. The number of rotatable bonds is 5. The lowest BCUT2D eigenvalue weighted by Gasteiger charge is -2.38. The number of Topliss-reactive ketones (excluding diaryl/α,β-unsaturated/α-hetero) is 1. The first-order chi connectivity index (χ1) is 12.5. The van der Waals surface area contributed by atoms with Gasteiger partial charge in [0.25, 0.3) is 0 Å². The molecule has 0 radical (unpaired) electrons. The second-order valence-corrected chi connectivity index (χ2v) is 6.43. The molecular formula is C20H19NO5. The van der Waals surface area contributed by atoms with Gasteiger partial charge in [-0.15, -0.1) is 0 Å². The van der Waals surface area contributed by atoms with Gasteiger partial charge in [-0.1, -0.05) is 54.6 Å². The lowest BCUT2D eigenvalue weighted by atomic mass is 9.61. The zero-order chi connectivity index (χ0) is 18.7. The average molecular weight is 353 g/mol. The molecule has 1 aliphatic rings. The van der Waals surface area contributed by atoms with Gasteiger partial charge in [0.1, 0.15) is 5.41 Å². The largest absolute Gasteiger partial charge is 0.468 e. The third-order valence-corrected chi connectivity index (χ3v) is 5.13. The van der Waals surface area contributed by atoms with E-state index >= 15 is 0 Å². The van der Waals surface area contributed by atoms with Crippen molar-refractivity contribution >= 4 is 11.8 Å². The molecule has 0 spiro atoms. The lowest BCUT2D eigenvalue weighted by molar-refractivity contribution is -0.485. The number of esters is 1. The summed E-state index contributed by atoms with van der Waals surface area (Å²) in [7, 11) is 1.21. The van der Waals surface area contributed by atoms with E-state index in [9.17, 15) is 19.7 Å². The summed E-state index contributed by atoms with van der Waals surface area (Å²) in [5.74, 6) is -2.01. The first-order valence-electron chi connectivity index (χ1n) is 8.38. The number of ether oxygens (including phenoxy) is 1. The van der Waals surface area contributed by atoms with Crippen molar-refractivity contribution in [2.45, 2.75) is 18.8 Å². The summed E-state index contributed by atoms with van der Waals surface area (Å²) in [6.45, 7) is -0.521. The average Bonchev–Trinajstić information content (AvgIpc) is 2.67. The Balaban J connectivity index is 2.20. The van der Waals surface area contributed by atoms with Gasteiger partial charge in [-0.2, -0.15) is 0 Å². The van der Waals surface area contributed by atoms with Crippen LogP contribution in [-0.2, 0) is 16.0 Å². The molecule has 134 valence electrons. The van der Waals surface area contributed by atoms with E-state index in [0.29, 0.717) is 17.5 Å². The first-order valence-corrected chi connectivity index (χ1v) is 8.38. The van der Waals surface area contributed by atoms with E-state index in [4.69, 9.17) is 4.74 Å². The summed E-state index contributed by atoms with van der Waals surface area (Å²) in [5, 5.41) is 11.4. The van der Waals surface area contributed by atoms with Crippen LogP contribution in [-0.4, -0.2) is 30.3 Å². The van der Waals surface area contributed by atoms with E-state index < -0.39 is 34.6 Å². The van der Waals surface area contributed by atoms with Crippen molar-refractivity contribution in [3.05, 3.63) is 81.4 Å². The molecule has 0 aromatic heterocycles. The maximum absolute atomic E-state index is 13.4. The highest BCUT2D eigenvalue weighted by molar-refractivity contribution is 6.14. The van der Waals surface area contributed by atoms with Gasteiger partial charge >= 0.3 is 5.97 Å². The number of benzene rings is 2. The van der Waals surface area contributed by atoms with Gasteiger partial charge in [-0.3, -0.25) is 19.7 Å². The van der Waals surface area contributed by atoms with Crippen molar-refractivity contribution in [1.29, 1.82) is 0 Å². The SMILES string of the molecule is COC(=O)C1([C@@H](C[N+](=O)[O-])c2ccccc2)CCc2ccccc2C1=O.